The molecule has 0 saturated carbocycles. The minimum atomic E-state index is -0.401. The van der Waals surface area contributed by atoms with E-state index in [0.29, 0.717) is 46.7 Å². The Hall–Kier alpha value is -2.44. The van der Waals surface area contributed by atoms with Crippen molar-refractivity contribution in [2.24, 2.45) is 5.92 Å². The van der Waals surface area contributed by atoms with Crippen LogP contribution >= 0.6 is 23.2 Å². The van der Waals surface area contributed by atoms with Crippen molar-refractivity contribution in [1.29, 1.82) is 0 Å². The topological polar surface area (TPSA) is 67.9 Å². The summed E-state index contributed by atoms with van der Waals surface area (Å²) in [4.78, 5) is 26.6. The molecule has 2 aromatic rings. The summed E-state index contributed by atoms with van der Waals surface area (Å²) in [7, 11) is 3.17. The number of carbonyl (C=O) groups excluding carboxylic acids is 2. The Labute approximate surface area is 179 Å². The Morgan fingerprint density at radius 1 is 1.10 bits per heavy atom. The molecular formula is C21H22Cl2N2O4. The molecular weight excluding hydrogens is 415 g/mol. The zero-order valence-electron chi connectivity index (χ0n) is 16.2. The number of benzene rings is 2. The van der Waals surface area contributed by atoms with E-state index in [-0.39, 0.29) is 18.2 Å². The van der Waals surface area contributed by atoms with E-state index < -0.39 is 5.92 Å². The standard InChI is InChI=1S/C21H22Cl2N2O4/c1-28-18-6-3-13(9-19(18)29-2)7-8-25-12-14(10-20(25)26)21(27)24-15-4-5-16(22)17(23)11-15/h3-6,9,11,14H,7-8,10,12H2,1-2H3,(H,24,27). The van der Waals surface area contributed by atoms with Crippen LogP contribution in [0.1, 0.15) is 12.0 Å². The summed E-state index contributed by atoms with van der Waals surface area (Å²) < 4.78 is 10.6. The molecule has 6 nitrogen and oxygen atoms in total. The highest BCUT2D eigenvalue weighted by Crippen LogP contribution is 2.29. The minimum Gasteiger partial charge on any atom is -0.493 e. The first kappa shape index (κ1) is 21.3. The lowest BCUT2D eigenvalue weighted by molar-refractivity contribution is -0.128. The second-order valence-electron chi connectivity index (χ2n) is 6.80. The third-order valence-electron chi connectivity index (χ3n) is 4.89. The van der Waals surface area contributed by atoms with Gasteiger partial charge in [0.15, 0.2) is 11.5 Å². The summed E-state index contributed by atoms with van der Waals surface area (Å²) in [6.07, 6.45) is 0.853. The molecule has 2 aromatic carbocycles. The molecule has 0 aromatic heterocycles. The van der Waals surface area contributed by atoms with Crippen LogP contribution in [0.4, 0.5) is 5.69 Å². The number of amides is 2. The van der Waals surface area contributed by atoms with E-state index in [1.54, 1.807) is 37.3 Å². The molecule has 1 aliphatic rings. The van der Waals surface area contributed by atoms with E-state index >= 15 is 0 Å². The van der Waals surface area contributed by atoms with Crippen LogP contribution in [0.15, 0.2) is 36.4 Å². The van der Waals surface area contributed by atoms with E-state index in [4.69, 9.17) is 32.7 Å². The van der Waals surface area contributed by atoms with Gasteiger partial charge in [0.25, 0.3) is 0 Å². The summed E-state index contributed by atoms with van der Waals surface area (Å²) in [6, 6.07) is 10.6. The number of anilines is 1. The number of rotatable bonds is 7. The number of nitrogens with one attached hydrogen (secondary N) is 1. The van der Waals surface area contributed by atoms with Crippen molar-refractivity contribution in [2.75, 3.05) is 32.6 Å². The Bertz CT molecular complexity index is 920. The Morgan fingerprint density at radius 2 is 1.86 bits per heavy atom. The number of nitrogens with zero attached hydrogens (tertiary/aromatic N) is 1. The molecule has 3 rings (SSSR count). The van der Waals surface area contributed by atoms with Gasteiger partial charge in [0.2, 0.25) is 11.8 Å². The van der Waals surface area contributed by atoms with E-state index in [1.165, 1.54) is 0 Å². The fourth-order valence-electron chi connectivity index (χ4n) is 3.28. The van der Waals surface area contributed by atoms with Gasteiger partial charge < -0.3 is 19.7 Å². The molecule has 29 heavy (non-hydrogen) atoms. The second kappa shape index (κ2) is 9.37. The van der Waals surface area contributed by atoms with Crippen molar-refractivity contribution < 1.29 is 19.1 Å². The van der Waals surface area contributed by atoms with Gasteiger partial charge in [-0.3, -0.25) is 9.59 Å². The van der Waals surface area contributed by atoms with E-state index in [0.717, 1.165) is 5.56 Å². The van der Waals surface area contributed by atoms with Crippen LogP contribution in [0.3, 0.4) is 0 Å². The summed E-state index contributed by atoms with van der Waals surface area (Å²) >= 11 is 11.9. The molecule has 1 fully saturated rings. The predicted molar refractivity (Wildman–Crippen MR) is 113 cm³/mol. The van der Waals surface area contributed by atoms with Crippen molar-refractivity contribution in [3.05, 3.63) is 52.0 Å². The molecule has 8 heteroatoms. The number of hydrogen-bond donors (Lipinski definition) is 1. The zero-order valence-corrected chi connectivity index (χ0v) is 17.7. The maximum atomic E-state index is 12.5. The van der Waals surface area contributed by atoms with Crippen LogP contribution in [-0.4, -0.2) is 44.0 Å². The quantitative estimate of drug-likeness (QED) is 0.710. The predicted octanol–water partition coefficient (Wildman–Crippen LogP) is 4.04. The molecule has 1 heterocycles. The molecule has 154 valence electrons. The molecule has 1 aliphatic heterocycles. The average Bonchev–Trinajstić information content (AvgIpc) is 3.09. The summed E-state index contributed by atoms with van der Waals surface area (Å²) in [6.45, 7) is 0.921. The Kier molecular flexibility index (Phi) is 6.87. The molecule has 2 amide bonds. The maximum absolute atomic E-state index is 12.5. The third-order valence-corrected chi connectivity index (χ3v) is 5.63. The van der Waals surface area contributed by atoms with Crippen molar-refractivity contribution in [1.82, 2.24) is 4.90 Å². The molecule has 0 bridgehead atoms. The first-order chi connectivity index (χ1) is 13.9. The normalized spacial score (nSPS) is 16.1. The first-order valence-corrected chi connectivity index (χ1v) is 9.91. The van der Waals surface area contributed by atoms with E-state index in [1.807, 2.05) is 18.2 Å². The number of hydrogen-bond acceptors (Lipinski definition) is 4. The van der Waals surface area contributed by atoms with Gasteiger partial charge in [0.05, 0.1) is 30.2 Å². The van der Waals surface area contributed by atoms with Gasteiger partial charge in [-0.25, -0.2) is 0 Å². The van der Waals surface area contributed by atoms with Crippen LogP contribution in [0.25, 0.3) is 0 Å². The number of carbonyl (C=O) groups is 2. The van der Waals surface area contributed by atoms with Crippen LogP contribution in [-0.2, 0) is 16.0 Å². The molecule has 1 saturated heterocycles. The van der Waals surface area contributed by atoms with Crippen molar-refractivity contribution in [2.45, 2.75) is 12.8 Å². The van der Waals surface area contributed by atoms with Gasteiger partial charge in [-0.1, -0.05) is 29.3 Å². The molecule has 0 radical (unpaired) electrons. The van der Waals surface area contributed by atoms with Gasteiger partial charge >= 0.3 is 0 Å². The number of likely N-dealkylation sites (tertiary alicyclic amines) is 1. The van der Waals surface area contributed by atoms with Crippen molar-refractivity contribution in [3.63, 3.8) is 0 Å². The lowest BCUT2D eigenvalue weighted by atomic mass is 10.1. The first-order valence-electron chi connectivity index (χ1n) is 9.16. The minimum absolute atomic E-state index is 0.0280. The molecule has 0 spiro atoms. The molecule has 1 N–H and O–H groups in total. The third kappa shape index (κ3) is 5.14. The summed E-state index contributed by atoms with van der Waals surface area (Å²) in [5, 5.41) is 3.59. The lowest BCUT2D eigenvalue weighted by Gasteiger charge is -2.17. The number of ether oxygens (including phenoxy) is 2. The summed E-state index contributed by atoms with van der Waals surface area (Å²) in [5.41, 5.74) is 1.58. The Balaban J connectivity index is 1.57. The zero-order chi connectivity index (χ0) is 21.0. The highest BCUT2D eigenvalue weighted by atomic mass is 35.5. The lowest BCUT2D eigenvalue weighted by Crippen LogP contribution is -2.30. The van der Waals surface area contributed by atoms with Gasteiger partial charge in [0, 0.05) is 25.2 Å². The van der Waals surface area contributed by atoms with Gasteiger partial charge in [-0.2, -0.15) is 0 Å². The monoisotopic (exact) mass is 436 g/mol. The number of methoxy groups -OCH3 is 2. The van der Waals surface area contributed by atoms with Crippen molar-refractivity contribution in [3.8, 4) is 11.5 Å². The van der Waals surface area contributed by atoms with Crippen LogP contribution in [0, 0.1) is 5.92 Å². The van der Waals surface area contributed by atoms with Crippen molar-refractivity contribution >= 4 is 40.7 Å². The Morgan fingerprint density at radius 3 is 2.55 bits per heavy atom. The van der Waals surface area contributed by atoms with E-state index in [2.05, 4.69) is 5.32 Å². The van der Waals surface area contributed by atoms with Crippen LogP contribution < -0.4 is 14.8 Å². The van der Waals surface area contributed by atoms with Gasteiger partial charge in [0.1, 0.15) is 0 Å². The van der Waals surface area contributed by atoms with Gasteiger partial charge in [-0.15, -0.1) is 0 Å². The number of halogens is 2. The highest BCUT2D eigenvalue weighted by Gasteiger charge is 2.34. The SMILES string of the molecule is COc1ccc(CCN2CC(C(=O)Nc3ccc(Cl)c(Cl)c3)CC2=O)cc1OC. The summed E-state index contributed by atoms with van der Waals surface area (Å²) in [5.74, 6) is 0.677. The second-order valence-corrected chi connectivity index (χ2v) is 7.61. The smallest absolute Gasteiger partial charge is 0.229 e. The molecule has 1 atom stereocenters. The van der Waals surface area contributed by atoms with Crippen LogP contribution in [0.5, 0.6) is 11.5 Å². The average molecular weight is 437 g/mol. The van der Waals surface area contributed by atoms with E-state index in [9.17, 15) is 9.59 Å². The largest absolute Gasteiger partial charge is 0.493 e. The molecule has 1 unspecified atom stereocenters. The maximum Gasteiger partial charge on any atom is 0.229 e. The molecule has 0 aliphatic carbocycles. The van der Waals surface area contributed by atoms with Crippen LogP contribution in [0.2, 0.25) is 10.0 Å². The highest BCUT2D eigenvalue weighted by molar-refractivity contribution is 6.42. The fraction of sp³-hybridized carbons (Fsp3) is 0.333. The van der Waals surface area contributed by atoms with Gasteiger partial charge in [-0.05, 0) is 42.3 Å². The fourth-order valence-corrected chi connectivity index (χ4v) is 3.58.